The molecule has 0 saturated carbocycles. The van der Waals surface area contributed by atoms with E-state index in [1.165, 1.54) is 12.1 Å². The lowest BCUT2D eigenvalue weighted by molar-refractivity contribution is 0.322. The molecule has 0 saturated heterocycles. The van der Waals surface area contributed by atoms with E-state index in [0.29, 0.717) is 16.5 Å². The van der Waals surface area contributed by atoms with E-state index in [4.69, 9.17) is 27.4 Å². The van der Waals surface area contributed by atoms with Crippen LogP contribution in [-0.4, -0.2) is 15.0 Å². The number of halogens is 2. The minimum absolute atomic E-state index is 0.0254. The molecule has 0 bridgehead atoms. The molecule has 6 heteroatoms. The highest BCUT2D eigenvalue weighted by atomic mass is 35.5. The summed E-state index contributed by atoms with van der Waals surface area (Å²) >= 11 is 11.8. The highest BCUT2D eigenvalue weighted by molar-refractivity contribution is 7.86. The van der Waals surface area contributed by atoms with Crippen LogP contribution in [0.5, 0.6) is 0 Å². The summed E-state index contributed by atoms with van der Waals surface area (Å²) in [6.45, 7) is 1.91. The quantitative estimate of drug-likeness (QED) is 0.761. The van der Waals surface area contributed by atoms with Gasteiger partial charge in [0.1, 0.15) is 0 Å². The van der Waals surface area contributed by atoms with Gasteiger partial charge in [0.2, 0.25) is 0 Å². The van der Waals surface area contributed by atoms with Crippen molar-refractivity contribution >= 4 is 33.3 Å². The molecule has 3 nitrogen and oxygen atoms in total. The molecule has 0 atom stereocenters. The molecule has 0 unspecified atom stereocenters. The molecule has 2 aromatic carbocycles. The number of aryl methyl sites for hydroxylation is 1. The topological polar surface area (TPSA) is 43.4 Å². The average Bonchev–Trinajstić information content (AvgIpc) is 2.41. The molecule has 0 aliphatic rings. The summed E-state index contributed by atoms with van der Waals surface area (Å²) in [4.78, 5) is 0.148. The monoisotopic (exact) mass is 344 g/mol. The molecule has 0 amide bonds. The summed E-state index contributed by atoms with van der Waals surface area (Å²) < 4.78 is 29.0. The Labute approximate surface area is 134 Å². The van der Waals surface area contributed by atoms with Crippen LogP contribution in [0.15, 0.2) is 47.4 Å². The Morgan fingerprint density at radius 3 is 2.33 bits per heavy atom. The van der Waals surface area contributed by atoms with E-state index in [0.717, 1.165) is 11.1 Å². The van der Waals surface area contributed by atoms with Crippen molar-refractivity contribution in [3.8, 4) is 0 Å². The van der Waals surface area contributed by atoms with Gasteiger partial charge in [0.25, 0.3) is 10.1 Å². The van der Waals surface area contributed by atoms with Crippen LogP contribution in [0, 0.1) is 6.92 Å². The first-order chi connectivity index (χ1) is 9.88. The smallest absolute Gasteiger partial charge is 0.266 e. The zero-order chi connectivity index (χ0) is 15.5. The van der Waals surface area contributed by atoms with Gasteiger partial charge in [-0.15, -0.1) is 0 Å². The van der Waals surface area contributed by atoms with Crippen molar-refractivity contribution in [2.75, 3.05) is 6.61 Å². The normalized spacial score (nSPS) is 11.6. The summed E-state index contributed by atoms with van der Waals surface area (Å²) in [7, 11) is -3.74. The summed E-state index contributed by atoms with van der Waals surface area (Å²) in [5.41, 5.74) is 1.78. The molecular weight excluding hydrogens is 331 g/mol. The van der Waals surface area contributed by atoms with Crippen LogP contribution in [0.25, 0.3) is 0 Å². The van der Waals surface area contributed by atoms with Crippen LogP contribution in [0.4, 0.5) is 0 Å². The third-order valence-electron chi connectivity index (χ3n) is 2.93. The van der Waals surface area contributed by atoms with Crippen LogP contribution in [0.3, 0.4) is 0 Å². The Balaban J connectivity index is 2.00. The third kappa shape index (κ3) is 4.45. The van der Waals surface area contributed by atoms with Crippen LogP contribution in [0.2, 0.25) is 10.0 Å². The maximum atomic E-state index is 12.0. The lowest BCUT2D eigenvalue weighted by atomic mass is 10.2. The van der Waals surface area contributed by atoms with Crippen molar-refractivity contribution < 1.29 is 12.6 Å². The Hall–Kier alpha value is -1.07. The van der Waals surface area contributed by atoms with E-state index >= 15 is 0 Å². The van der Waals surface area contributed by atoms with Crippen LogP contribution < -0.4 is 0 Å². The van der Waals surface area contributed by atoms with Gasteiger partial charge in [-0.3, -0.25) is 4.18 Å². The Kier molecular flexibility index (Phi) is 5.27. The molecule has 0 aliphatic carbocycles. The summed E-state index contributed by atoms with van der Waals surface area (Å²) in [6, 6.07) is 11.6. The molecular formula is C15H14Cl2O3S. The standard InChI is InChI=1S/C15H14Cl2O3S/c1-11-2-6-14(7-3-11)21(18,19)20-9-8-12-4-5-13(16)10-15(12)17/h2-7,10H,8-9H2,1H3. The van der Waals surface area contributed by atoms with Gasteiger partial charge >= 0.3 is 0 Å². The zero-order valence-electron chi connectivity index (χ0n) is 11.3. The lowest BCUT2D eigenvalue weighted by Gasteiger charge is -2.07. The van der Waals surface area contributed by atoms with E-state index in [1.807, 2.05) is 6.92 Å². The van der Waals surface area contributed by atoms with E-state index in [-0.39, 0.29) is 11.5 Å². The summed E-state index contributed by atoms with van der Waals surface area (Å²) in [5, 5.41) is 1.04. The molecule has 0 N–H and O–H groups in total. The fourth-order valence-electron chi connectivity index (χ4n) is 1.76. The first-order valence-corrected chi connectivity index (χ1v) is 8.45. The van der Waals surface area contributed by atoms with Crippen LogP contribution in [0.1, 0.15) is 11.1 Å². The van der Waals surface area contributed by atoms with Gasteiger partial charge in [-0.1, -0.05) is 47.0 Å². The second-order valence-corrected chi connectivity index (χ2v) is 7.03. The Morgan fingerprint density at radius 2 is 1.71 bits per heavy atom. The van der Waals surface area contributed by atoms with E-state index < -0.39 is 10.1 Å². The van der Waals surface area contributed by atoms with E-state index in [1.54, 1.807) is 30.3 Å². The lowest BCUT2D eigenvalue weighted by Crippen LogP contribution is -2.09. The van der Waals surface area contributed by atoms with Crippen molar-refractivity contribution in [2.45, 2.75) is 18.2 Å². The molecule has 0 radical (unpaired) electrons. The van der Waals surface area contributed by atoms with Crippen molar-refractivity contribution in [2.24, 2.45) is 0 Å². The zero-order valence-corrected chi connectivity index (χ0v) is 13.7. The van der Waals surface area contributed by atoms with Crippen molar-refractivity contribution in [3.63, 3.8) is 0 Å². The van der Waals surface area contributed by atoms with E-state index in [9.17, 15) is 8.42 Å². The number of rotatable bonds is 5. The fourth-order valence-corrected chi connectivity index (χ4v) is 3.17. The number of benzene rings is 2. The maximum absolute atomic E-state index is 12.0. The second-order valence-electron chi connectivity index (χ2n) is 4.57. The first kappa shape index (κ1) is 16.3. The molecule has 0 aliphatic heterocycles. The predicted molar refractivity (Wildman–Crippen MR) is 84.5 cm³/mol. The van der Waals surface area contributed by atoms with Crippen molar-refractivity contribution in [1.82, 2.24) is 0 Å². The molecule has 2 rings (SSSR count). The van der Waals surface area contributed by atoms with E-state index in [2.05, 4.69) is 0 Å². The van der Waals surface area contributed by atoms with Crippen molar-refractivity contribution in [3.05, 3.63) is 63.6 Å². The average molecular weight is 345 g/mol. The summed E-state index contributed by atoms with van der Waals surface area (Å²) in [6.07, 6.45) is 0.390. The molecule has 112 valence electrons. The van der Waals surface area contributed by atoms with Gasteiger partial charge in [0.15, 0.2) is 0 Å². The molecule has 2 aromatic rings. The molecule has 0 heterocycles. The second kappa shape index (κ2) is 6.79. The first-order valence-electron chi connectivity index (χ1n) is 6.28. The summed E-state index contributed by atoms with van der Waals surface area (Å²) in [5.74, 6) is 0. The van der Waals surface area contributed by atoms with Crippen LogP contribution >= 0.6 is 23.2 Å². The van der Waals surface area contributed by atoms with Gasteiger partial charge in [-0.2, -0.15) is 8.42 Å². The van der Waals surface area contributed by atoms with Crippen LogP contribution in [-0.2, 0) is 20.7 Å². The minimum Gasteiger partial charge on any atom is -0.266 e. The van der Waals surface area contributed by atoms with Gasteiger partial charge in [0, 0.05) is 10.0 Å². The predicted octanol–water partition coefficient (Wildman–Crippen LogP) is 4.25. The van der Waals surface area contributed by atoms with Gasteiger partial charge in [0.05, 0.1) is 11.5 Å². The molecule has 0 fully saturated rings. The molecule has 0 spiro atoms. The highest BCUT2D eigenvalue weighted by Gasteiger charge is 2.14. The number of hydrogen-bond donors (Lipinski definition) is 0. The minimum atomic E-state index is -3.74. The maximum Gasteiger partial charge on any atom is 0.296 e. The Morgan fingerprint density at radius 1 is 1.05 bits per heavy atom. The van der Waals surface area contributed by atoms with Gasteiger partial charge in [-0.25, -0.2) is 0 Å². The largest absolute Gasteiger partial charge is 0.296 e. The molecule has 0 aromatic heterocycles. The van der Waals surface area contributed by atoms with Gasteiger partial charge in [-0.05, 0) is 43.2 Å². The number of hydrogen-bond acceptors (Lipinski definition) is 3. The van der Waals surface area contributed by atoms with Crippen molar-refractivity contribution in [1.29, 1.82) is 0 Å². The SMILES string of the molecule is Cc1ccc(S(=O)(=O)OCCc2ccc(Cl)cc2Cl)cc1. The molecule has 21 heavy (non-hydrogen) atoms. The Bertz CT molecular complexity index is 725. The highest BCUT2D eigenvalue weighted by Crippen LogP contribution is 2.22. The third-order valence-corrected chi connectivity index (χ3v) is 4.85. The fraction of sp³-hybridized carbons (Fsp3) is 0.200. The van der Waals surface area contributed by atoms with Gasteiger partial charge < -0.3 is 0 Å².